The number of hydrogen-bond donors (Lipinski definition) is 0. The molecule has 0 aliphatic heterocycles. The number of ether oxygens (including phenoxy) is 2. The Bertz CT molecular complexity index is 1260. The maximum atomic E-state index is 12.7. The molecule has 0 bridgehead atoms. The number of hydrogen-bond acceptors (Lipinski definition) is 8. The summed E-state index contributed by atoms with van der Waals surface area (Å²) in [6.07, 6.45) is 59.6. The molecule has 0 aliphatic carbocycles. The van der Waals surface area contributed by atoms with Crippen LogP contribution in [0.25, 0.3) is 0 Å². The highest BCUT2D eigenvalue weighted by Gasteiger charge is 2.21. The zero-order valence-corrected chi connectivity index (χ0v) is 44.5. The molecule has 0 aromatic carbocycles. The average molecular weight is 950 g/mol. The van der Waals surface area contributed by atoms with Gasteiger partial charge in [0.1, 0.15) is 19.8 Å². The van der Waals surface area contributed by atoms with Crippen LogP contribution in [-0.2, 0) is 32.7 Å². The van der Waals surface area contributed by atoms with Gasteiger partial charge in [0.05, 0.1) is 27.7 Å². The highest BCUT2D eigenvalue weighted by atomic mass is 31.2. The molecule has 0 saturated heterocycles. The minimum Gasteiger partial charge on any atom is -0.756 e. The summed E-state index contributed by atoms with van der Waals surface area (Å²) in [4.78, 5) is 37.3. The Morgan fingerprint density at radius 1 is 0.485 bits per heavy atom. The molecule has 66 heavy (non-hydrogen) atoms. The van der Waals surface area contributed by atoms with Crippen molar-refractivity contribution in [1.82, 2.24) is 0 Å². The van der Waals surface area contributed by atoms with Gasteiger partial charge >= 0.3 is 11.9 Å². The number of esters is 2. The second-order valence-corrected chi connectivity index (χ2v) is 21.0. The third kappa shape index (κ3) is 51.4. The van der Waals surface area contributed by atoms with Gasteiger partial charge in [0.25, 0.3) is 7.82 Å². The van der Waals surface area contributed by atoms with Crippen molar-refractivity contribution < 1.29 is 42.1 Å². The second kappa shape index (κ2) is 48.0. The zero-order valence-electron chi connectivity index (χ0n) is 43.6. The summed E-state index contributed by atoms with van der Waals surface area (Å²) in [5, 5.41) is 0. The third-order valence-electron chi connectivity index (χ3n) is 11.9. The van der Waals surface area contributed by atoms with E-state index in [-0.39, 0.29) is 26.1 Å². The second-order valence-electron chi connectivity index (χ2n) is 19.6. The molecule has 0 fully saturated rings. The van der Waals surface area contributed by atoms with Gasteiger partial charge in [-0.15, -0.1) is 0 Å². The smallest absolute Gasteiger partial charge is 0.306 e. The first kappa shape index (κ1) is 64.0. The average Bonchev–Trinajstić information content (AvgIpc) is 3.27. The molecule has 0 rings (SSSR count). The van der Waals surface area contributed by atoms with E-state index in [0.717, 1.165) is 70.6 Å². The molecule has 386 valence electrons. The van der Waals surface area contributed by atoms with Crippen LogP contribution in [0.1, 0.15) is 245 Å². The number of quaternary nitrogens is 1. The molecule has 2 unspecified atom stereocenters. The van der Waals surface area contributed by atoms with Crippen molar-refractivity contribution >= 4 is 19.8 Å². The minimum absolute atomic E-state index is 0.0288. The number of likely N-dealkylation sites (N-methyl/N-ethyl adjacent to an activating group) is 1. The number of rotatable bonds is 50. The molecule has 10 heteroatoms. The van der Waals surface area contributed by atoms with Crippen molar-refractivity contribution in [2.24, 2.45) is 0 Å². The van der Waals surface area contributed by atoms with Gasteiger partial charge in [-0.3, -0.25) is 14.2 Å². The first-order valence-electron chi connectivity index (χ1n) is 27.3. The van der Waals surface area contributed by atoms with Crippen molar-refractivity contribution in [2.45, 2.75) is 251 Å². The van der Waals surface area contributed by atoms with Crippen LogP contribution >= 0.6 is 7.82 Å². The van der Waals surface area contributed by atoms with Gasteiger partial charge in [-0.1, -0.05) is 229 Å². The van der Waals surface area contributed by atoms with E-state index in [1.165, 1.54) is 141 Å². The fourth-order valence-electron chi connectivity index (χ4n) is 7.65. The molecule has 0 amide bonds. The number of unbranched alkanes of at least 4 members (excludes halogenated alkanes) is 28. The van der Waals surface area contributed by atoms with E-state index >= 15 is 0 Å². The first-order chi connectivity index (χ1) is 32.0. The van der Waals surface area contributed by atoms with Gasteiger partial charge in [0, 0.05) is 12.8 Å². The zero-order chi connectivity index (χ0) is 48.5. The Hall–Kier alpha value is -2.03. The molecule has 0 aromatic rings. The number of phosphoric acid groups is 1. The Kier molecular flexibility index (Phi) is 46.5. The van der Waals surface area contributed by atoms with E-state index in [0.29, 0.717) is 17.4 Å². The lowest BCUT2D eigenvalue weighted by Gasteiger charge is -2.28. The monoisotopic (exact) mass is 950 g/mol. The summed E-state index contributed by atoms with van der Waals surface area (Å²) in [7, 11) is 1.17. The summed E-state index contributed by atoms with van der Waals surface area (Å²) in [6, 6.07) is 0. The number of carbonyl (C=O) groups excluding carboxylic acids is 2. The van der Waals surface area contributed by atoms with Crippen LogP contribution in [0.2, 0.25) is 0 Å². The van der Waals surface area contributed by atoms with Gasteiger partial charge in [0.15, 0.2) is 6.10 Å². The first-order valence-corrected chi connectivity index (χ1v) is 28.8. The van der Waals surface area contributed by atoms with Crippen LogP contribution in [-0.4, -0.2) is 70.0 Å². The van der Waals surface area contributed by atoms with Gasteiger partial charge in [0.2, 0.25) is 0 Å². The molecule has 0 saturated carbocycles. The Labute approximate surface area is 407 Å². The lowest BCUT2D eigenvalue weighted by molar-refractivity contribution is -0.870. The molecule has 0 N–H and O–H groups in total. The standard InChI is InChI=1S/C56H104NO8P/c1-6-8-10-12-13-14-15-16-17-18-19-20-21-22-23-24-25-26-27-28-29-30-31-32-33-34-35-36-37-38-39-40-41-42-43-45-47-49-56(59)65-54(52-62-55(58)48-46-44-11-9-7-2)53-64-66(60,61)63-51-50-57(3,4)5/h8,10,13-14,16-17,19-20,54H,6-7,9,11-12,15,18,21-53H2,1-5H3/b10-8-,14-13-,17-16-,20-19-. The molecule has 0 aliphatic rings. The number of allylic oxidation sites excluding steroid dienone is 8. The summed E-state index contributed by atoms with van der Waals surface area (Å²) in [5.41, 5.74) is 0. The topological polar surface area (TPSA) is 111 Å². The highest BCUT2D eigenvalue weighted by Crippen LogP contribution is 2.38. The molecule has 0 radical (unpaired) electrons. The summed E-state index contributed by atoms with van der Waals surface area (Å²) < 4.78 is 33.8. The van der Waals surface area contributed by atoms with E-state index in [1.807, 2.05) is 21.1 Å². The van der Waals surface area contributed by atoms with E-state index in [1.54, 1.807) is 0 Å². The normalized spacial score (nSPS) is 13.7. The van der Waals surface area contributed by atoms with Gasteiger partial charge < -0.3 is 27.9 Å². The number of nitrogens with zero attached hydrogens (tertiary/aromatic N) is 1. The molecular weight excluding hydrogens is 846 g/mol. The van der Waals surface area contributed by atoms with Crippen molar-refractivity contribution in [3.63, 3.8) is 0 Å². The third-order valence-corrected chi connectivity index (χ3v) is 12.8. The van der Waals surface area contributed by atoms with Crippen LogP contribution in [0.5, 0.6) is 0 Å². The molecule has 9 nitrogen and oxygen atoms in total. The Balaban J connectivity index is 3.76. The fourth-order valence-corrected chi connectivity index (χ4v) is 8.38. The Morgan fingerprint density at radius 3 is 1.29 bits per heavy atom. The fraction of sp³-hybridized carbons (Fsp3) is 0.821. The van der Waals surface area contributed by atoms with Crippen LogP contribution in [0.15, 0.2) is 48.6 Å². The molecule has 0 aromatic heterocycles. The molecule has 2 atom stereocenters. The van der Waals surface area contributed by atoms with Gasteiger partial charge in [-0.2, -0.15) is 0 Å². The van der Waals surface area contributed by atoms with Crippen molar-refractivity contribution in [1.29, 1.82) is 0 Å². The van der Waals surface area contributed by atoms with E-state index in [9.17, 15) is 19.0 Å². The van der Waals surface area contributed by atoms with E-state index < -0.39 is 32.5 Å². The van der Waals surface area contributed by atoms with Crippen molar-refractivity contribution in [3.05, 3.63) is 48.6 Å². The van der Waals surface area contributed by atoms with Crippen molar-refractivity contribution in [3.8, 4) is 0 Å². The van der Waals surface area contributed by atoms with E-state index in [2.05, 4.69) is 62.5 Å². The molecule has 0 heterocycles. The van der Waals surface area contributed by atoms with Crippen molar-refractivity contribution in [2.75, 3.05) is 47.5 Å². The summed E-state index contributed by atoms with van der Waals surface area (Å²) in [5.74, 6) is -0.839. The lowest BCUT2D eigenvalue weighted by Crippen LogP contribution is -2.37. The largest absolute Gasteiger partial charge is 0.756 e. The number of phosphoric ester groups is 1. The minimum atomic E-state index is -4.61. The van der Waals surface area contributed by atoms with Gasteiger partial charge in [-0.05, 0) is 51.4 Å². The van der Waals surface area contributed by atoms with Crippen LogP contribution in [0.4, 0.5) is 0 Å². The van der Waals surface area contributed by atoms with Crippen LogP contribution in [0.3, 0.4) is 0 Å². The maximum Gasteiger partial charge on any atom is 0.306 e. The molecule has 0 spiro atoms. The van der Waals surface area contributed by atoms with Crippen LogP contribution < -0.4 is 4.89 Å². The van der Waals surface area contributed by atoms with E-state index in [4.69, 9.17) is 18.5 Å². The quantitative estimate of drug-likeness (QED) is 0.0195. The lowest BCUT2D eigenvalue weighted by atomic mass is 10.0. The van der Waals surface area contributed by atoms with Gasteiger partial charge in [-0.25, -0.2) is 0 Å². The summed E-state index contributed by atoms with van der Waals surface area (Å²) in [6.45, 7) is 4.04. The van der Waals surface area contributed by atoms with Crippen LogP contribution in [0, 0.1) is 0 Å². The Morgan fingerprint density at radius 2 is 0.864 bits per heavy atom. The predicted molar refractivity (Wildman–Crippen MR) is 277 cm³/mol. The summed E-state index contributed by atoms with van der Waals surface area (Å²) >= 11 is 0. The predicted octanol–water partition coefficient (Wildman–Crippen LogP) is 16.0. The highest BCUT2D eigenvalue weighted by molar-refractivity contribution is 7.45. The maximum absolute atomic E-state index is 12.7. The number of carbonyl (C=O) groups is 2. The SMILES string of the molecule is CC/C=C\C/C=C\C/C=C\C/C=C\CCCCCCCCCCCCCCCCCCCCCCCCCCC(=O)OC(COC(=O)CCCCCCC)COP(=O)([O-])OCC[N+](C)(C)C. The molecular formula is C56H104NO8P.